The minimum atomic E-state index is -0.509. The molecular weight excluding hydrogens is 319 g/mol. The van der Waals surface area contributed by atoms with Crippen LogP contribution in [-0.4, -0.2) is 11.8 Å². The summed E-state index contributed by atoms with van der Waals surface area (Å²) < 4.78 is 13.7. The van der Waals surface area contributed by atoms with Crippen molar-refractivity contribution >= 4 is 34.8 Å². The molecule has 6 heteroatoms. The van der Waals surface area contributed by atoms with E-state index in [1.54, 1.807) is 24.3 Å². The molecule has 23 heavy (non-hydrogen) atoms. The van der Waals surface area contributed by atoms with Crippen LogP contribution in [-0.2, 0) is 16.0 Å². The lowest BCUT2D eigenvalue weighted by molar-refractivity contribution is -0.116. The van der Waals surface area contributed by atoms with E-state index in [0.717, 1.165) is 5.56 Å². The summed E-state index contributed by atoms with van der Waals surface area (Å²) in [5.74, 6) is -1.05. The molecule has 120 valence electrons. The van der Waals surface area contributed by atoms with Crippen LogP contribution in [0.2, 0.25) is 5.02 Å². The molecule has 0 fully saturated rings. The maximum Gasteiger partial charge on any atom is 0.228 e. The number of benzene rings is 2. The Balaban J connectivity index is 2.09. The predicted molar refractivity (Wildman–Crippen MR) is 89.2 cm³/mol. The topological polar surface area (TPSA) is 58.2 Å². The number of hydrogen-bond acceptors (Lipinski definition) is 2. The lowest BCUT2D eigenvalue weighted by atomic mass is 10.1. The molecule has 0 aliphatic carbocycles. The van der Waals surface area contributed by atoms with Crippen molar-refractivity contribution in [1.29, 1.82) is 0 Å². The fourth-order valence-corrected chi connectivity index (χ4v) is 2.37. The second-order valence-corrected chi connectivity index (χ2v) is 5.54. The first-order chi connectivity index (χ1) is 10.9. The quantitative estimate of drug-likeness (QED) is 0.890. The van der Waals surface area contributed by atoms with Gasteiger partial charge >= 0.3 is 0 Å². The number of anilines is 2. The van der Waals surface area contributed by atoms with Crippen molar-refractivity contribution in [2.45, 2.75) is 20.3 Å². The van der Waals surface area contributed by atoms with E-state index in [1.807, 2.05) is 6.92 Å². The first-order valence-electron chi connectivity index (χ1n) is 6.98. The summed E-state index contributed by atoms with van der Waals surface area (Å²) in [4.78, 5) is 23.1. The smallest absolute Gasteiger partial charge is 0.228 e. The summed E-state index contributed by atoms with van der Waals surface area (Å²) in [6.45, 7) is 3.24. The normalized spacial score (nSPS) is 10.3. The number of nitrogens with one attached hydrogen (secondary N) is 2. The van der Waals surface area contributed by atoms with Gasteiger partial charge in [0.2, 0.25) is 11.8 Å². The van der Waals surface area contributed by atoms with E-state index in [1.165, 1.54) is 19.1 Å². The Kier molecular flexibility index (Phi) is 5.34. The second-order valence-electron chi connectivity index (χ2n) is 5.14. The summed E-state index contributed by atoms with van der Waals surface area (Å²) in [6, 6.07) is 9.39. The van der Waals surface area contributed by atoms with E-state index >= 15 is 0 Å². The Hall–Kier alpha value is -2.40. The first-order valence-corrected chi connectivity index (χ1v) is 7.35. The van der Waals surface area contributed by atoms with Crippen molar-refractivity contribution in [3.63, 3.8) is 0 Å². The van der Waals surface area contributed by atoms with Crippen molar-refractivity contribution in [3.05, 3.63) is 58.4 Å². The lowest BCUT2D eigenvalue weighted by Crippen LogP contribution is -2.16. The van der Waals surface area contributed by atoms with Gasteiger partial charge in [0.05, 0.1) is 6.42 Å². The molecule has 4 nitrogen and oxygen atoms in total. The Morgan fingerprint density at radius 3 is 2.52 bits per heavy atom. The zero-order valence-electron chi connectivity index (χ0n) is 12.7. The maximum atomic E-state index is 13.7. The first kappa shape index (κ1) is 17.0. The summed E-state index contributed by atoms with van der Waals surface area (Å²) in [7, 11) is 0. The number of carbonyl (C=O) groups is 2. The van der Waals surface area contributed by atoms with Crippen molar-refractivity contribution in [2.75, 3.05) is 10.6 Å². The largest absolute Gasteiger partial charge is 0.326 e. The monoisotopic (exact) mass is 334 g/mol. The zero-order chi connectivity index (χ0) is 17.0. The minimum Gasteiger partial charge on any atom is -0.326 e. The van der Waals surface area contributed by atoms with E-state index in [2.05, 4.69) is 10.6 Å². The minimum absolute atomic E-state index is 0.155. The number of halogens is 2. The highest BCUT2D eigenvalue weighted by Crippen LogP contribution is 2.22. The van der Waals surface area contributed by atoms with Crippen LogP contribution < -0.4 is 10.6 Å². The van der Waals surface area contributed by atoms with Gasteiger partial charge in [-0.3, -0.25) is 9.59 Å². The van der Waals surface area contributed by atoms with Crippen molar-refractivity contribution in [3.8, 4) is 0 Å². The van der Waals surface area contributed by atoms with Crippen molar-refractivity contribution < 1.29 is 14.0 Å². The average Bonchev–Trinajstić information content (AvgIpc) is 2.46. The second kappa shape index (κ2) is 7.24. The van der Waals surface area contributed by atoms with Crippen LogP contribution >= 0.6 is 11.6 Å². The molecule has 0 unspecified atom stereocenters. The zero-order valence-corrected chi connectivity index (χ0v) is 13.5. The molecule has 2 rings (SSSR count). The number of carbonyl (C=O) groups excluding carboxylic acids is 2. The third-order valence-electron chi connectivity index (χ3n) is 3.22. The standard InChI is InChI=1S/C17H16ClFN2O2/c1-10-8-12(6-7-16(10)20-11(2)22)21-17(23)9-13-14(18)4-3-5-15(13)19/h3-8H,9H2,1-2H3,(H,20,22)(H,21,23). The van der Waals surface area contributed by atoms with Gasteiger partial charge in [0.15, 0.2) is 0 Å². The summed E-state index contributed by atoms with van der Waals surface area (Å²) in [5.41, 5.74) is 2.21. The van der Waals surface area contributed by atoms with Crippen LogP contribution in [0.15, 0.2) is 36.4 Å². The molecule has 0 heterocycles. The molecule has 0 atom stereocenters. The molecule has 0 spiro atoms. The van der Waals surface area contributed by atoms with Gasteiger partial charge in [0, 0.05) is 28.9 Å². The van der Waals surface area contributed by atoms with Crippen LogP contribution in [0.4, 0.5) is 15.8 Å². The fourth-order valence-electron chi connectivity index (χ4n) is 2.14. The molecule has 0 radical (unpaired) electrons. The highest BCUT2D eigenvalue weighted by Gasteiger charge is 2.12. The van der Waals surface area contributed by atoms with Crippen molar-refractivity contribution in [2.24, 2.45) is 0 Å². The predicted octanol–water partition coefficient (Wildman–Crippen LogP) is 3.93. The molecule has 2 N–H and O–H groups in total. The number of rotatable bonds is 4. The van der Waals surface area contributed by atoms with E-state index in [-0.39, 0.29) is 28.8 Å². The number of aryl methyl sites for hydroxylation is 1. The van der Waals surface area contributed by atoms with Crippen LogP contribution in [0, 0.1) is 12.7 Å². The van der Waals surface area contributed by atoms with Crippen LogP contribution in [0.1, 0.15) is 18.1 Å². The van der Waals surface area contributed by atoms with Gasteiger partial charge in [-0.1, -0.05) is 17.7 Å². The summed E-state index contributed by atoms with van der Waals surface area (Å²) in [6.07, 6.45) is -0.155. The Morgan fingerprint density at radius 1 is 1.17 bits per heavy atom. The molecule has 2 aromatic rings. The Bertz CT molecular complexity index is 742. The maximum absolute atomic E-state index is 13.7. The molecule has 0 aromatic heterocycles. The van der Waals surface area contributed by atoms with E-state index in [0.29, 0.717) is 11.4 Å². The third-order valence-corrected chi connectivity index (χ3v) is 3.57. The number of hydrogen-bond donors (Lipinski definition) is 2. The molecule has 0 aliphatic heterocycles. The van der Waals surface area contributed by atoms with E-state index in [4.69, 9.17) is 11.6 Å². The summed E-state index contributed by atoms with van der Waals surface area (Å²) >= 11 is 5.91. The number of amides is 2. The molecule has 2 amide bonds. The van der Waals surface area contributed by atoms with Gasteiger partial charge in [0.1, 0.15) is 5.82 Å². The van der Waals surface area contributed by atoms with E-state index in [9.17, 15) is 14.0 Å². The molecule has 0 saturated heterocycles. The molecule has 0 saturated carbocycles. The van der Waals surface area contributed by atoms with Gasteiger partial charge < -0.3 is 10.6 Å². The van der Waals surface area contributed by atoms with Crippen LogP contribution in [0.25, 0.3) is 0 Å². The van der Waals surface area contributed by atoms with Crippen LogP contribution in [0.5, 0.6) is 0 Å². The molecular formula is C17H16ClFN2O2. The lowest BCUT2D eigenvalue weighted by Gasteiger charge is -2.11. The SMILES string of the molecule is CC(=O)Nc1ccc(NC(=O)Cc2c(F)cccc2Cl)cc1C. The third kappa shape index (κ3) is 4.53. The van der Waals surface area contributed by atoms with Crippen molar-refractivity contribution in [1.82, 2.24) is 0 Å². The van der Waals surface area contributed by atoms with Gasteiger partial charge in [-0.25, -0.2) is 4.39 Å². The fraction of sp³-hybridized carbons (Fsp3) is 0.176. The molecule has 2 aromatic carbocycles. The highest BCUT2D eigenvalue weighted by molar-refractivity contribution is 6.31. The van der Waals surface area contributed by atoms with Gasteiger partial charge in [0.25, 0.3) is 0 Å². The average molecular weight is 335 g/mol. The van der Waals surface area contributed by atoms with Gasteiger partial charge in [-0.05, 0) is 42.8 Å². The molecule has 0 aliphatic rings. The highest BCUT2D eigenvalue weighted by atomic mass is 35.5. The summed E-state index contributed by atoms with van der Waals surface area (Å²) in [5, 5.41) is 5.60. The Labute approximate surface area is 138 Å². The van der Waals surface area contributed by atoms with Gasteiger partial charge in [-0.2, -0.15) is 0 Å². The Morgan fingerprint density at radius 2 is 1.91 bits per heavy atom. The van der Waals surface area contributed by atoms with Crippen LogP contribution in [0.3, 0.4) is 0 Å². The molecule has 0 bridgehead atoms. The van der Waals surface area contributed by atoms with E-state index < -0.39 is 5.82 Å². The van der Waals surface area contributed by atoms with Gasteiger partial charge in [-0.15, -0.1) is 0 Å².